The predicted molar refractivity (Wildman–Crippen MR) is 148 cm³/mol. The Morgan fingerprint density at radius 1 is 1.21 bits per heavy atom. The lowest BCUT2D eigenvalue weighted by molar-refractivity contribution is -0.146. The third-order valence-corrected chi connectivity index (χ3v) is 9.31. The number of carbonyl (C=O) groups excluding carboxylic acids is 1. The molecule has 2 fully saturated rings. The van der Waals surface area contributed by atoms with Crippen LogP contribution in [0.15, 0.2) is 24.3 Å². The number of rotatable bonds is 6. The van der Waals surface area contributed by atoms with E-state index in [9.17, 15) is 19.6 Å². The molecule has 0 unspecified atom stereocenters. The molecule has 39 heavy (non-hydrogen) atoms. The fourth-order valence-corrected chi connectivity index (χ4v) is 6.92. The Kier molecular flexibility index (Phi) is 6.70. The highest BCUT2D eigenvalue weighted by molar-refractivity contribution is 7.20. The van der Waals surface area contributed by atoms with E-state index in [2.05, 4.69) is 11.0 Å². The number of likely N-dealkylation sites (tertiary alicyclic amines) is 1. The number of fused-ring (bicyclic) bond motifs is 1. The van der Waals surface area contributed by atoms with Gasteiger partial charge in [0.05, 0.1) is 11.8 Å². The van der Waals surface area contributed by atoms with Crippen LogP contribution in [0.4, 0.5) is 20.5 Å². The third-order valence-electron chi connectivity index (χ3n) is 7.30. The third kappa shape index (κ3) is 4.62. The molecule has 0 saturated carbocycles. The van der Waals surface area contributed by atoms with Crippen molar-refractivity contribution in [1.29, 1.82) is 5.26 Å². The average molecular weight is 567 g/mol. The summed E-state index contributed by atoms with van der Waals surface area (Å²) in [5, 5.41) is 25.6. The Labute approximate surface area is 232 Å². The Morgan fingerprint density at radius 3 is 2.56 bits per heavy atom. The highest BCUT2D eigenvalue weighted by Gasteiger charge is 2.35. The monoisotopic (exact) mass is 566 g/mol. The summed E-state index contributed by atoms with van der Waals surface area (Å²) in [6.07, 6.45) is 1.82. The van der Waals surface area contributed by atoms with Gasteiger partial charge in [-0.1, -0.05) is 29.6 Å². The van der Waals surface area contributed by atoms with Crippen LogP contribution in [0.25, 0.3) is 16.2 Å². The first-order valence-electron chi connectivity index (χ1n) is 12.9. The minimum absolute atomic E-state index is 0.0132. The number of piperidine rings is 1. The van der Waals surface area contributed by atoms with Gasteiger partial charge < -0.3 is 19.8 Å². The zero-order chi connectivity index (χ0) is 27.3. The van der Waals surface area contributed by atoms with Crippen LogP contribution in [0.1, 0.15) is 30.3 Å². The Hall–Kier alpha value is -3.60. The number of aliphatic hydroxyl groups is 1. The number of thiazole rings is 1. The summed E-state index contributed by atoms with van der Waals surface area (Å²) in [5.74, 6) is 0.580. The van der Waals surface area contributed by atoms with E-state index in [-0.39, 0.29) is 23.7 Å². The number of nitrogens with zero attached hydrogens (tertiary/aromatic N) is 8. The number of imidazole rings is 1. The smallest absolute Gasteiger partial charge is 0.225 e. The lowest BCUT2D eigenvalue weighted by Crippen LogP contribution is -2.56. The molecular weight excluding hydrogens is 539 g/mol. The minimum atomic E-state index is -0.383. The second-order valence-electron chi connectivity index (χ2n) is 9.82. The van der Waals surface area contributed by atoms with Crippen LogP contribution in [-0.4, -0.2) is 74.8 Å². The van der Waals surface area contributed by atoms with Crippen molar-refractivity contribution >= 4 is 49.6 Å². The van der Waals surface area contributed by atoms with Gasteiger partial charge in [-0.2, -0.15) is 9.78 Å². The van der Waals surface area contributed by atoms with Crippen LogP contribution in [0.5, 0.6) is 0 Å². The Balaban J connectivity index is 1.25. The molecule has 4 aromatic rings. The van der Waals surface area contributed by atoms with Crippen LogP contribution < -0.4 is 9.80 Å². The van der Waals surface area contributed by atoms with E-state index < -0.39 is 0 Å². The first kappa shape index (κ1) is 25.7. The number of hydrogen-bond acceptors (Lipinski definition) is 10. The first-order valence-corrected chi connectivity index (χ1v) is 14.5. The predicted octanol–water partition coefficient (Wildman–Crippen LogP) is 3.67. The minimum Gasteiger partial charge on any atom is -0.389 e. The van der Waals surface area contributed by atoms with Gasteiger partial charge in [0.15, 0.2) is 10.9 Å². The molecule has 0 bridgehead atoms. The van der Waals surface area contributed by atoms with Gasteiger partial charge >= 0.3 is 0 Å². The van der Waals surface area contributed by atoms with E-state index in [1.165, 1.54) is 34.8 Å². The van der Waals surface area contributed by atoms with Gasteiger partial charge in [-0.3, -0.25) is 4.79 Å². The topological polar surface area (TPSA) is 114 Å². The summed E-state index contributed by atoms with van der Waals surface area (Å²) < 4.78 is 15.3. The van der Waals surface area contributed by atoms with Gasteiger partial charge in [0.1, 0.15) is 22.5 Å². The maximum atomic E-state index is 13.5. The fourth-order valence-electron chi connectivity index (χ4n) is 5.10. The van der Waals surface area contributed by atoms with Crippen LogP contribution in [-0.2, 0) is 11.2 Å². The highest BCUT2D eigenvalue weighted by Crippen LogP contribution is 2.38. The first-order chi connectivity index (χ1) is 18.9. The maximum Gasteiger partial charge on any atom is 0.225 e. The summed E-state index contributed by atoms with van der Waals surface area (Å²) in [5.41, 5.74) is 2.08. The molecule has 1 N–H and O–H groups in total. The number of carbonyl (C=O) groups is 1. The zero-order valence-electron chi connectivity index (χ0n) is 21.5. The summed E-state index contributed by atoms with van der Waals surface area (Å²) in [4.78, 5) is 29.3. The van der Waals surface area contributed by atoms with E-state index >= 15 is 0 Å². The second kappa shape index (κ2) is 10.2. The number of β-amino-alcohol motifs (C(OH)–C–C–N with tert-alkyl or cyclic N) is 1. The van der Waals surface area contributed by atoms with Crippen molar-refractivity contribution in [2.75, 3.05) is 43.0 Å². The van der Waals surface area contributed by atoms with Gasteiger partial charge in [-0.15, -0.1) is 5.10 Å². The Morgan fingerprint density at radius 2 is 1.92 bits per heavy atom. The van der Waals surface area contributed by atoms with E-state index in [1.54, 1.807) is 17.0 Å². The van der Waals surface area contributed by atoms with Crippen LogP contribution in [0.2, 0.25) is 0 Å². The zero-order valence-corrected chi connectivity index (χ0v) is 23.2. The van der Waals surface area contributed by atoms with Gasteiger partial charge in [-0.05, 0) is 43.5 Å². The molecule has 5 heterocycles. The fraction of sp³-hybridized carbons (Fsp3) is 0.423. The largest absolute Gasteiger partial charge is 0.389 e. The normalized spacial score (nSPS) is 16.5. The number of amides is 1. The van der Waals surface area contributed by atoms with Crippen molar-refractivity contribution in [3.8, 4) is 17.3 Å². The molecule has 10 nitrogen and oxygen atoms in total. The van der Waals surface area contributed by atoms with E-state index in [0.29, 0.717) is 40.8 Å². The van der Waals surface area contributed by atoms with Crippen molar-refractivity contribution in [3.63, 3.8) is 0 Å². The summed E-state index contributed by atoms with van der Waals surface area (Å²) in [7, 11) is 1.89. The van der Waals surface area contributed by atoms with Crippen LogP contribution >= 0.6 is 22.7 Å². The molecule has 13 heteroatoms. The van der Waals surface area contributed by atoms with Crippen molar-refractivity contribution < 1.29 is 14.3 Å². The van der Waals surface area contributed by atoms with Gasteiger partial charge in [0.25, 0.3) is 0 Å². The highest BCUT2D eigenvalue weighted by atomic mass is 32.1. The standard InChI is InChI=1S/C26H27FN8O2S2/c1-3-19-22(32(2)24-30-21(20(12-28)38-24)15-4-6-17(27)7-5-15)35-25(29-19)39-26(31-35)33-10-8-16(9-11-33)23(37)34-13-18(36)14-34/h4-7,16,18,36H,3,8-11,13-14H2,1-2H3. The average Bonchev–Trinajstić information content (AvgIpc) is 3.63. The maximum absolute atomic E-state index is 13.5. The molecule has 202 valence electrons. The molecule has 6 rings (SSSR count). The van der Waals surface area contributed by atoms with Crippen molar-refractivity contribution in [2.45, 2.75) is 32.3 Å². The molecule has 0 spiro atoms. The summed E-state index contributed by atoms with van der Waals surface area (Å²) in [6, 6.07) is 8.20. The van der Waals surface area contributed by atoms with Gasteiger partial charge in [0.2, 0.25) is 16.0 Å². The lowest BCUT2D eigenvalue weighted by Gasteiger charge is -2.40. The number of hydrogen-bond donors (Lipinski definition) is 1. The van der Waals surface area contributed by atoms with Crippen molar-refractivity contribution in [2.24, 2.45) is 5.92 Å². The SMILES string of the molecule is CCc1nc2sc(N3CCC(C(=O)N4CC(O)C4)CC3)nn2c1N(C)c1nc(-c2ccc(F)cc2)c(C#N)s1. The molecule has 0 aliphatic carbocycles. The number of aryl methyl sites for hydroxylation is 1. The molecule has 0 radical (unpaired) electrons. The van der Waals surface area contributed by atoms with Gasteiger partial charge in [0, 0.05) is 44.7 Å². The van der Waals surface area contributed by atoms with E-state index in [4.69, 9.17) is 15.1 Å². The number of aliphatic hydroxyl groups excluding tert-OH is 1. The lowest BCUT2D eigenvalue weighted by atomic mass is 9.94. The number of nitriles is 1. The van der Waals surface area contributed by atoms with Crippen LogP contribution in [0.3, 0.4) is 0 Å². The molecule has 2 saturated heterocycles. The Bertz CT molecular complexity index is 1560. The van der Waals surface area contributed by atoms with Crippen molar-refractivity contribution in [3.05, 3.63) is 40.7 Å². The van der Waals surface area contributed by atoms with Crippen molar-refractivity contribution in [1.82, 2.24) is 24.5 Å². The van der Waals surface area contributed by atoms with E-state index in [1.807, 2.05) is 23.4 Å². The van der Waals surface area contributed by atoms with Gasteiger partial charge in [-0.25, -0.2) is 14.4 Å². The molecule has 1 aromatic carbocycles. The molecule has 1 amide bonds. The number of aromatic nitrogens is 4. The quantitative estimate of drug-likeness (QED) is 0.376. The number of benzene rings is 1. The molecule has 3 aromatic heterocycles. The molecule has 2 aliphatic rings. The molecular formula is C26H27FN8O2S2. The number of halogens is 1. The summed E-state index contributed by atoms with van der Waals surface area (Å²) in [6.45, 7) is 4.39. The number of anilines is 3. The molecule has 2 aliphatic heterocycles. The molecule has 0 atom stereocenters. The van der Waals surface area contributed by atoms with E-state index in [0.717, 1.165) is 47.5 Å². The summed E-state index contributed by atoms with van der Waals surface area (Å²) >= 11 is 2.79. The van der Waals surface area contributed by atoms with Crippen LogP contribution in [0, 0.1) is 23.1 Å². The second-order valence-corrected chi connectivity index (χ2v) is 11.7.